The van der Waals surface area contributed by atoms with E-state index in [0.717, 1.165) is 6.07 Å². The first kappa shape index (κ1) is 29.6. The van der Waals surface area contributed by atoms with Crippen molar-refractivity contribution in [2.24, 2.45) is 34.2 Å². The molecule has 0 aliphatic carbocycles. The average molecular weight is 746 g/mol. The van der Waals surface area contributed by atoms with Gasteiger partial charge in [-0.25, -0.2) is 31.1 Å². The van der Waals surface area contributed by atoms with E-state index < -0.39 is 48.7 Å². The van der Waals surface area contributed by atoms with E-state index in [1.165, 1.54) is 6.07 Å². The number of piperidine rings is 1. The summed E-state index contributed by atoms with van der Waals surface area (Å²) in [6, 6.07) is 2.38. The van der Waals surface area contributed by atoms with E-state index in [0.29, 0.717) is 13.0 Å². The van der Waals surface area contributed by atoms with Crippen LogP contribution in [0.25, 0.3) is 0 Å². The molecule has 0 saturated carbocycles. The number of nitrogens with two attached hydrogens (primary N) is 3. The standard InChI is InChI=1S/C16H25FI2N8O5S2/c17-11-8-27(4-3-9(11)5-20)12-1-2-13(34(31,32)23-7-10(28)6-21)15(33(22,29)30)14(12)16(24-18)25-26-19/h1-2,9-11,23,28H,3-8,20-21H2,(H2,22,29,30)/t9-,10+,11-/m0/s1. The number of aliphatic hydroxyl groups excluding tert-OH is 1. The number of aliphatic hydroxyl groups is 1. The Morgan fingerprint density at radius 3 is 2.47 bits per heavy atom. The van der Waals surface area contributed by atoms with E-state index in [2.05, 4.69) is 16.4 Å². The van der Waals surface area contributed by atoms with Crippen LogP contribution in [0, 0.1) is 5.92 Å². The molecular formula is C16H25FI2N8O5S2. The zero-order valence-electron chi connectivity index (χ0n) is 17.7. The quantitative estimate of drug-likeness (QED) is 0.0997. The number of nitrogens with zero attached hydrogens (tertiary/aromatic N) is 4. The lowest BCUT2D eigenvalue weighted by molar-refractivity contribution is 0.186. The van der Waals surface area contributed by atoms with Gasteiger partial charge in [0.05, 0.1) is 34.5 Å². The summed E-state index contributed by atoms with van der Waals surface area (Å²) in [5.41, 5.74) is 10.9. The van der Waals surface area contributed by atoms with Crippen LogP contribution >= 0.6 is 45.7 Å². The second-order valence-corrected chi connectivity index (χ2v) is 11.6. The maximum Gasteiger partial charge on any atom is 0.242 e. The topological polar surface area (TPSA) is 219 Å². The van der Waals surface area contributed by atoms with Gasteiger partial charge in [-0.2, -0.15) is 3.21 Å². The predicted octanol–water partition coefficient (Wildman–Crippen LogP) is -0.0462. The zero-order valence-corrected chi connectivity index (χ0v) is 23.6. The molecule has 2 rings (SSSR count). The van der Waals surface area contributed by atoms with Crippen LogP contribution in [0.5, 0.6) is 0 Å². The van der Waals surface area contributed by atoms with Gasteiger partial charge in [0, 0.05) is 37.8 Å². The fraction of sp³-hybridized carbons (Fsp3) is 0.562. The number of amidine groups is 1. The Kier molecular flexibility index (Phi) is 10.9. The number of benzene rings is 1. The van der Waals surface area contributed by atoms with Crippen molar-refractivity contribution in [3.63, 3.8) is 0 Å². The molecule has 0 bridgehead atoms. The van der Waals surface area contributed by atoms with Crippen LogP contribution in [0.2, 0.25) is 0 Å². The minimum atomic E-state index is -4.69. The molecule has 8 N–H and O–H groups in total. The van der Waals surface area contributed by atoms with Gasteiger partial charge in [-0.05, 0) is 25.1 Å². The summed E-state index contributed by atoms with van der Waals surface area (Å²) in [5.74, 6) is -0.591. The van der Waals surface area contributed by atoms with E-state index in [1.54, 1.807) is 50.6 Å². The molecule has 1 fully saturated rings. The Hall–Kier alpha value is -0.620. The minimum Gasteiger partial charge on any atom is -0.390 e. The maximum absolute atomic E-state index is 14.7. The first-order chi connectivity index (χ1) is 15.9. The van der Waals surface area contributed by atoms with Crippen LogP contribution in [-0.2, 0) is 20.0 Å². The van der Waals surface area contributed by atoms with Gasteiger partial charge >= 0.3 is 0 Å². The highest BCUT2D eigenvalue weighted by atomic mass is 127. The first-order valence-electron chi connectivity index (χ1n) is 9.79. The largest absolute Gasteiger partial charge is 0.390 e. The molecule has 0 radical (unpaired) electrons. The molecule has 0 spiro atoms. The second-order valence-electron chi connectivity index (χ2n) is 7.40. The Morgan fingerprint density at radius 2 is 1.97 bits per heavy atom. The molecule has 1 saturated heterocycles. The number of anilines is 1. The first-order valence-corrected chi connectivity index (χ1v) is 14.7. The molecule has 18 heteroatoms. The van der Waals surface area contributed by atoms with Crippen LogP contribution < -0.4 is 26.2 Å². The van der Waals surface area contributed by atoms with Gasteiger partial charge < -0.3 is 21.5 Å². The fourth-order valence-electron chi connectivity index (χ4n) is 3.48. The van der Waals surface area contributed by atoms with Gasteiger partial charge in [0.25, 0.3) is 0 Å². The number of nitrogens with one attached hydrogen (secondary N) is 1. The molecule has 3 atom stereocenters. The number of sulfonamides is 2. The lowest BCUT2D eigenvalue weighted by atomic mass is 9.94. The van der Waals surface area contributed by atoms with Gasteiger partial charge in [0.2, 0.25) is 20.0 Å². The SMILES string of the molecule is NC[C@@H](O)CNS(=O)(=O)c1ccc(N2CC[C@@H](CN)[C@@H](F)C2)c(C(N=NI)=NI)c1S(N)(=O)=O. The van der Waals surface area contributed by atoms with Crippen LogP contribution in [0.3, 0.4) is 0 Å². The van der Waals surface area contributed by atoms with E-state index in [4.69, 9.17) is 16.6 Å². The molecule has 1 aliphatic rings. The minimum absolute atomic E-state index is 0.109. The van der Waals surface area contributed by atoms with Crippen LogP contribution in [-0.4, -0.2) is 72.8 Å². The third kappa shape index (κ3) is 6.99. The highest BCUT2D eigenvalue weighted by molar-refractivity contribution is 14.1. The summed E-state index contributed by atoms with van der Waals surface area (Å²) in [4.78, 5) is 0.0936. The molecule has 0 aromatic heterocycles. The Labute approximate surface area is 224 Å². The van der Waals surface area contributed by atoms with Gasteiger partial charge in [0.1, 0.15) is 38.8 Å². The van der Waals surface area contributed by atoms with Crippen LogP contribution in [0.15, 0.2) is 33.6 Å². The van der Waals surface area contributed by atoms with Crippen molar-refractivity contribution in [1.82, 2.24) is 4.72 Å². The molecule has 1 heterocycles. The summed E-state index contributed by atoms with van der Waals surface area (Å²) < 4.78 is 75.7. The van der Waals surface area contributed by atoms with Crippen molar-refractivity contribution < 1.29 is 26.3 Å². The molecule has 34 heavy (non-hydrogen) atoms. The Balaban J connectivity index is 2.80. The molecular weight excluding hydrogens is 721 g/mol. The highest BCUT2D eigenvalue weighted by Crippen LogP contribution is 2.36. The summed E-state index contributed by atoms with van der Waals surface area (Å²) >= 11 is 3.11. The molecule has 192 valence electrons. The van der Waals surface area contributed by atoms with E-state index in [1.807, 2.05) is 0 Å². The Bertz CT molecular complexity index is 1150. The lowest BCUT2D eigenvalue weighted by Gasteiger charge is -2.37. The van der Waals surface area contributed by atoms with Crippen molar-refractivity contribution in [3.8, 4) is 0 Å². The smallest absolute Gasteiger partial charge is 0.242 e. The number of halogens is 3. The van der Waals surface area contributed by atoms with Crippen LogP contribution in [0.1, 0.15) is 12.0 Å². The average Bonchev–Trinajstić information content (AvgIpc) is 2.79. The van der Waals surface area contributed by atoms with Crippen LogP contribution in [0.4, 0.5) is 10.1 Å². The number of rotatable bonds is 9. The number of hydrogen-bond donors (Lipinski definition) is 5. The lowest BCUT2D eigenvalue weighted by Crippen LogP contribution is -2.45. The summed E-state index contributed by atoms with van der Waals surface area (Å²) in [7, 11) is -9.18. The molecule has 1 aromatic rings. The third-order valence-corrected chi connectivity index (χ3v) is 8.47. The van der Waals surface area contributed by atoms with Crippen molar-refractivity contribution in [2.45, 2.75) is 28.5 Å². The van der Waals surface area contributed by atoms with E-state index in [-0.39, 0.29) is 42.6 Å². The highest BCUT2D eigenvalue weighted by Gasteiger charge is 2.36. The summed E-state index contributed by atoms with van der Waals surface area (Å²) in [6.07, 6.45) is -2.10. The van der Waals surface area contributed by atoms with Gasteiger partial charge in [0.15, 0.2) is 5.84 Å². The molecule has 0 amide bonds. The molecule has 0 unspecified atom stereocenters. The molecule has 13 nitrogen and oxygen atoms in total. The van der Waals surface area contributed by atoms with Crippen molar-refractivity contribution in [2.75, 3.05) is 37.6 Å². The van der Waals surface area contributed by atoms with Crippen molar-refractivity contribution in [3.05, 3.63) is 17.7 Å². The monoisotopic (exact) mass is 746 g/mol. The summed E-state index contributed by atoms with van der Waals surface area (Å²) in [5, 5.41) is 18.9. The number of alkyl halides is 1. The van der Waals surface area contributed by atoms with Gasteiger partial charge in [-0.3, -0.25) is 0 Å². The van der Waals surface area contributed by atoms with E-state index >= 15 is 0 Å². The fourth-order valence-corrected chi connectivity index (χ4v) is 6.69. The second kappa shape index (κ2) is 12.6. The molecule has 1 aromatic carbocycles. The number of primary sulfonamides is 1. The number of hydrogen-bond acceptors (Lipinski definition) is 10. The predicted molar refractivity (Wildman–Crippen MR) is 142 cm³/mol. The van der Waals surface area contributed by atoms with E-state index in [9.17, 15) is 26.3 Å². The molecule has 1 aliphatic heterocycles. The van der Waals surface area contributed by atoms with Gasteiger partial charge in [-0.1, -0.05) is 0 Å². The zero-order chi connectivity index (χ0) is 25.7. The van der Waals surface area contributed by atoms with Gasteiger partial charge in [-0.15, -0.1) is 8.44 Å². The third-order valence-electron chi connectivity index (χ3n) is 5.21. The Morgan fingerprint density at radius 1 is 1.29 bits per heavy atom. The van der Waals surface area contributed by atoms with Crippen molar-refractivity contribution in [1.29, 1.82) is 0 Å². The maximum atomic E-state index is 14.7. The summed E-state index contributed by atoms with van der Waals surface area (Å²) in [6.45, 7) is -0.314. The normalized spacial score (nSPS) is 21.3. The van der Waals surface area contributed by atoms with Crippen molar-refractivity contribution >= 4 is 77.3 Å².